The molecule has 1 aromatic heterocycles. The summed E-state index contributed by atoms with van der Waals surface area (Å²) in [6.45, 7) is 5.00. The summed E-state index contributed by atoms with van der Waals surface area (Å²) in [6, 6.07) is 26.5. The van der Waals surface area contributed by atoms with E-state index >= 15 is 0 Å². The van der Waals surface area contributed by atoms with Crippen molar-refractivity contribution in [2.45, 2.75) is 26.2 Å². The second-order valence-electron chi connectivity index (χ2n) is 8.92. The molecule has 1 amide bonds. The number of aromatic nitrogens is 1. The highest BCUT2D eigenvalue weighted by molar-refractivity contribution is 8.04. The van der Waals surface area contributed by atoms with E-state index in [2.05, 4.69) is 43.4 Å². The van der Waals surface area contributed by atoms with Crippen LogP contribution >= 0.6 is 23.1 Å². The summed E-state index contributed by atoms with van der Waals surface area (Å²) in [4.78, 5) is 19.8. The minimum absolute atomic E-state index is 0.0287. The van der Waals surface area contributed by atoms with Crippen LogP contribution in [-0.2, 0) is 11.2 Å². The Bertz CT molecular complexity index is 1450. The molecule has 0 saturated carbocycles. The van der Waals surface area contributed by atoms with E-state index in [4.69, 9.17) is 4.98 Å². The molecular formula is C29H26N4OS2. The fourth-order valence-corrected chi connectivity index (χ4v) is 6.17. The second kappa shape index (κ2) is 10.6. The average molecular weight is 511 g/mol. The van der Waals surface area contributed by atoms with Crippen LogP contribution in [0, 0.1) is 11.3 Å². The molecule has 0 spiro atoms. The number of carbonyl (C=O) groups is 1. The summed E-state index contributed by atoms with van der Waals surface area (Å²) in [5.74, 6) is 0.680. The number of benzene rings is 3. The number of hydrogen-bond donors (Lipinski definition) is 1. The van der Waals surface area contributed by atoms with Gasteiger partial charge >= 0.3 is 0 Å². The van der Waals surface area contributed by atoms with Crippen molar-refractivity contribution >= 4 is 56.2 Å². The van der Waals surface area contributed by atoms with Gasteiger partial charge in [0.25, 0.3) is 0 Å². The third-order valence-electron chi connectivity index (χ3n) is 6.21. The Labute approximate surface area is 219 Å². The Morgan fingerprint density at radius 2 is 1.86 bits per heavy atom. The molecule has 5 nitrogen and oxygen atoms in total. The van der Waals surface area contributed by atoms with Crippen molar-refractivity contribution in [1.29, 1.82) is 5.26 Å². The molecule has 1 aliphatic heterocycles. The molecule has 36 heavy (non-hydrogen) atoms. The number of allylic oxidation sites excluding steroid dienone is 1. The monoisotopic (exact) mass is 510 g/mol. The van der Waals surface area contributed by atoms with Gasteiger partial charge in [-0.05, 0) is 53.8 Å². The number of nitriles is 1. The molecule has 2 heterocycles. The first kappa shape index (κ1) is 24.1. The van der Waals surface area contributed by atoms with E-state index in [9.17, 15) is 10.1 Å². The van der Waals surface area contributed by atoms with Crippen LogP contribution < -0.4 is 10.2 Å². The van der Waals surface area contributed by atoms with Gasteiger partial charge in [-0.3, -0.25) is 4.79 Å². The molecule has 1 N–H and O–H groups in total. The van der Waals surface area contributed by atoms with Gasteiger partial charge in [0.05, 0.1) is 21.0 Å². The quantitative estimate of drug-likeness (QED) is 0.270. The molecule has 0 bridgehead atoms. The second-order valence-corrected chi connectivity index (χ2v) is 10.9. The lowest BCUT2D eigenvalue weighted by atomic mass is 10.0. The summed E-state index contributed by atoms with van der Waals surface area (Å²) < 4.78 is 1.02. The number of thiazole rings is 1. The minimum Gasteiger partial charge on any atom is -0.349 e. The van der Waals surface area contributed by atoms with Crippen LogP contribution in [0.15, 0.2) is 77.8 Å². The zero-order valence-electron chi connectivity index (χ0n) is 20.2. The number of fused-ring (bicyclic) bond motifs is 2. The Kier molecular flexibility index (Phi) is 7.08. The summed E-state index contributed by atoms with van der Waals surface area (Å²) in [5.41, 5.74) is 5.60. The number of rotatable bonds is 7. The van der Waals surface area contributed by atoms with E-state index in [1.165, 1.54) is 34.2 Å². The Hall–Kier alpha value is -3.60. The van der Waals surface area contributed by atoms with Crippen molar-refractivity contribution in [2.24, 2.45) is 0 Å². The normalized spacial score (nSPS) is 13.4. The van der Waals surface area contributed by atoms with Crippen LogP contribution in [0.2, 0.25) is 0 Å². The number of carbonyl (C=O) groups excluding carboxylic acids is 1. The fourth-order valence-electron chi connectivity index (χ4n) is 4.24. The number of thioether (sulfide) groups is 1. The average Bonchev–Trinajstić information content (AvgIpc) is 3.52. The Balaban J connectivity index is 1.45. The van der Waals surface area contributed by atoms with E-state index in [0.29, 0.717) is 28.1 Å². The van der Waals surface area contributed by atoms with E-state index in [1.54, 1.807) is 0 Å². The van der Waals surface area contributed by atoms with Crippen LogP contribution in [0.1, 0.15) is 35.9 Å². The number of para-hydroxylation sites is 2. The molecule has 0 aliphatic carbocycles. The lowest BCUT2D eigenvalue weighted by Crippen LogP contribution is -2.30. The topological polar surface area (TPSA) is 69.0 Å². The maximum atomic E-state index is 13.2. The lowest BCUT2D eigenvalue weighted by molar-refractivity contribution is -0.116. The van der Waals surface area contributed by atoms with Gasteiger partial charge < -0.3 is 10.2 Å². The van der Waals surface area contributed by atoms with Gasteiger partial charge in [-0.15, -0.1) is 11.3 Å². The van der Waals surface area contributed by atoms with E-state index < -0.39 is 0 Å². The standard InChI is InChI=1S/C29H26N4OS2/c1-19(2)20-11-13-22(14-12-20)31-28(23(17-30)29-32-24-8-4-6-10-26(24)36-29)35-18-27(34)33-16-15-21-7-3-5-9-25(21)33/h3-14,19,31H,15-16,18H2,1-2H3/b28-23-. The van der Waals surface area contributed by atoms with Crippen molar-refractivity contribution in [3.8, 4) is 6.07 Å². The maximum absolute atomic E-state index is 13.2. The molecule has 3 aromatic carbocycles. The zero-order chi connectivity index (χ0) is 25.1. The molecule has 5 rings (SSSR count). The smallest absolute Gasteiger partial charge is 0.237 e. The van der Waals surface area contributed by atoms with E-state index in [-0.39, 0.29) is 11.7 Å². The van der Waals surface area contributed by atoms with Gasteiger partial charge in [0.1, 0.15) is 16.6 Å². The number of hydrogen-bond acceptors (Lipinski definition) is 6. The van der Waals surface area contributed by atoms with E-state index in [0.717, 1.165) is 28.0 Å². The van der Waals surface area contributed by atoms with Gasteiger partial charge in [0, 0.05) is 17.9 Å². The van der Waals surface area contributed by atoms with Crippen molar-refractivity contribution in [2.75, 3.05) is 22.5 Å². The largest absolute Gasteiger partial charge is 0.349 e. The SMILES string of the molecule is CC(C)c1ccc(N/C(SCC(=O)N2CCc3ccccc32)=C(\C#N)c2nc3ccccc3s2)cc1. The Morgan fingerprint density at radius 3 is 2.61 bits per heavy atom. The van der Waals surface area contributed by atoms with Crippen molar-refractivity contribution < 1.29 is 4.79 Å². The van der Waals surface area contributed by atoms with Crippen LogP contribution in [0.5, 0.6) is 0 Å². The number of nitrogens with one attached hydrogen (secondary N) is 1. The van der Waals surface area contributed by atoms with Crippen LogP contribution in [-0.4, -0.2) is 23.2 Å². The van der Waals surface area contributed by atoms with E-state index in [1.807, 2.05) is 59.5 Å². The first-order valence-corrected chi connectivity index (χ1v) is 13.7. The predicted molar refractivity (Wildman–Crippen MR) is 151 cm³/mol. The van der Waals surface area contributed by atoms with Gasteiger partial charge in [-0.2, -0.15) is 5.26 Å². The molecule has 180 valence electrons. The summed E-state index contributed by atoms with van der Waals surface area (Å²) in [7, 11) is 0. The third kappa shape index (κ3) is 5.01. The first-order valence-electron chi connectivity index (χ1n) is 11.9. The van der Waals surface area contributed by atoms with Crippen molar-refractivity contribution in [3.63, 3.8) is 0 Å². The highest BCUT2D eigenvalue weighted by atomic mass is 32.2. The maximum Gasteiger partial charge on any atom is 0.237 e. The summed E-state index contributed by atoms with van der Waals surface area (Å²) >= 11 is 2.84. The first-order chi connectivity index (χ1) is 17.5. The van der Waals surface area contributed by atoms with Crippen LogP contribution in [0.3, 0.4) is 0 Å². The molecule has 0 saturated heterocycles. The predicted octanol–water partition coefficient (Wildman–Crippen LogP) is 7.05. The fraction of sp³-hybridized carbons (Fsp3) is 0.207. The van der Waals surface area contributed by atoms with Crippen molar-refractivity contribution in [3.05, 3.63) is 94.0 Å². The van der Waals surface area contributed by atoms with Crippen LogP contribution in [0.25, 0.3) is 15.8 Å². The molecule has 0 unspecified atom stereocenters. The molecule has 4 aromatic rings. The molecular weight excluding hydrogens is 484 g/mol. The van der Waals surface area contributed by atoms with Gasteiger partial charge in [-0.25, -0.2) is 4.98 Å². The molecule has 7 heteroatoms. The number of amides is 1. The highest BCUT2D eigenvalue weighted by Crippen LogP contribution is 2.34. The van der Waals surface area contributed by atoms with Gasteiger partial charge in [0.15, 0.2) is 0 Å². The van der Waals surface area contributed by atoms with Gasteiger partial charge in [-0.1, -0.05) is 68.1 Å². The summed E-state index contributed by atoms with van der Waals surface area (Å²) in [6.07, 6.45) is 0.866. The molecule has 1 aliphatic rings. The molecule has 0 fully saturated rings. The Morgan fingerprint density at radius 1 is 1.11 bits per heavy atom. The van der Waals surface area contributed by atoms with Crippen LogP contribution in [0.4, 0.5) is 11.4 Å². The highest BCUT2D eigenvalue weighted by Gasteiger charge is 2.25. The van der Waals surface area contributed by atoms with Crippen molar-refractivity contribution in [1.82, 2.24) is 4.98 Å². The molecule has 0 atom stereocenters. The minimum atomic E-state index is 0.0287. The third-order valence-corrected chi connectivity index (χ3v) is 8.25. The zero-order valence-corrected chi connectivity index (χ0v) is 21.8. The lowest BCUT2D eigenvalue weighted by Gasteiger charge is -2.18. The molecule has 0 radical (unpaired) electrons. The van der Waals surface area contributed by atoms with Gasteiger partial charge in [0.2, 0.25) is 5.91 Å². The number of nitrogens with zero attached hydrogens (tertiary/aromatic N) is 3. The summed E-state index contributed by atoms with van der Waals surface area (Å²) in [5, 5.41) is 14.9. The number of anilines is 2.